The Hall–Kier alpha value is -3.55. The Bertz CT molecular complexity index is 1120. The zero-order chi connectivity index (χ0) is 29.9. The molecule has 0 saturated heterocycles. The number of carbonyl (C=O) groups excluding carboxylic acids is 3. The number of phenols is 1. The number of benzene rings is 2. The highest BCUT2D eigenvalue weighted by molar-refractivity contribution is 6.00. The number of phenolic OH excluding ortho intramolecular Hbond substituents is 1. The minimum Gasteiger partial charge on any atom is -0.508 e. The highest BCUT2D eigenvalue weighted by Crippen LogP contribution is 2.32. The topological polar surface area (TPSA) is 108 Å². The van der Waals surface area contributed by atoms with E-state index in [1.54, 1.807) is 45.9 Å². The number of aromatic hydroxyl groups is 1. The van der Waals surface area contributed by atoms with Gasteiger partial charge in [0.2, 0.25) is 5.91 Å². The number of hydrogen-bond donors (Lipinski definition) is 3. The molecule has 0 saturated carbocycles. The van der Waals surface area contributed by atoms with E-state index in [-0.39, 0.29) is 12.3 Å². The lowest BCUT2D eigenvalue weighted by Crippen LogP contribution is -2.51. The summed E-state index contributed by atoms with van der Waals surface area (Å²) in [4.78, 5) is 41.9. The number of ether oxygens (including phenoxy) is 1. The van der Waals surface area contributed by atoms with Crippen LogP contribution >= 0.6 is 0 Å². The number of anilines is 1. The molecule has 2 rings (SSSR count). The average Bonchev–Trinajstić information content (AvgIpc) is 2.86. The molecular weight excluding hydrogens is 506 g/mol. The third-order valence-corrected chi connectivity index (χ3v) is 6.66. The molecule has 2 atom stereocenters. The van der Waals surface area contributed by atoms with Gasteiger partial charge in [0.15, 0.2) is 0 Å². The van der Waals surface area contributed by atoms with Crippen molar-refractivity contribution < 1.29 is 24.2 Å². The molecule has 0 aromatic heterocycles. The van der Waals surface area contributed by atoms with Crippen LogP contribution in [0.5, 0.6) is 5.75 Å². The van der Waals surface area contributed by atoms with Crippen molar-refractivity contribution in [1.29, 1.82) is 0 Å². The van der Waals surface area contributed by atoms with Gasteiger partial charge in [0.05, 0.1) is 0 Å². The highest BCUT2D eigenvalue weighted by atomic mass is 16.6. The summed E-state index contributed by atoms with van der Waals surface area (Å²) in [5.41, 5.74) is 2.03. The molecule has 8 nitrogen and oxygen atoms in total. The van der Waals surface area contributed by atoms with E-state index in [2.05, 4.69) is 17.6 Å². The third-order valence-electron chi connectivity index (χ3n) is 6.66. The van der Waals surface area contributed by atoms with Crippen LogP contribution in [0, 0.1) is 13.8 Å². The molecule has 0 aliphatic rings. The zero-order valence-electron chi connectivity index (χ0n) is 25.2. The van der Waals surface area contributed by atoms with Gasteiger partial charge in [-0.1, -0.05) is 75.4 Å². The fourth-order valence-corrected chi connectivity index (χ4v) is 4.60. The summed E-state index contributed by atoms with van der Waals surface area (Å²) in [6.45, 7) is 13.1. The molecule has 3 amide bonds. The molecule has 40 heavy (non-hydrogen) atoms. The van der Waals surface area contributed by atoms with Gasteiger partial charge in [-0.05, 0) is 65.2 Å². The largest absolute Gasteiger partial charge is 0.508 e. The highest BCUT2D eigenvalue weighted by Gasteiger charge is 2.36. The third kappa shape index (κ3) is 9.88. The van der Waals surface area contributed by atoms with Gasteiger partial charge in [-0.15, -0.1) is 0 Å². The molecule has 0 aliphatic carbocycles. The minimum atomic E-state index is -1.12. The summed E-state index contributed by atoms with van der Waals surface area (Å²) < 4.78 is 5.35. The number of nitrogens with zero attached hydrogens (tertiary/aromatic N) is 1. The van der Waals surface area contributed by atoms with Crippen molar-refractivity contribution in [2.45, 2.75) is 105 Å². The Kier molecular flexibility index (Phi) is 12.5. The van der Waals surface area contributed by atoms with Gasteiger partial charge in [-0.2, -0.15) is 0 Å². The van der Waals surface area contributed by atoms with Crippen LogP contribution in [0.4, 0.5) is 10.5 Å². The maximum atomic E-state index is 14.0. The maximum Gasteiger partial charge on any atom is 0.408 e. The quantitative estimate of drug-likeness (QED) is 0.237. The second kappa shape index (κ2) is 15.3. The number of para-hydroxylation sites is 2. The first-order valence-electron chi connectivity index (χ1n) is 14.3. The molecule has 0 radical (unpaired) electrons. The molecule has 8 heteroatoms. The molecule has 0 heterocycles. The summed E-state index contributed by atoms with van der Waals surface area (Å²) >= 11 is 0. The molecule has 220 valence electrons. The predicted molar refractivity (Wildman–Crippen MR) is 159 cm³/mol. The average molecular weight is 554 g/mol. The monoisotopic (exact) mass is 553 g/mol. The number of hydrogen-bond acceptors (Lipinski definition) is 5. The number of nitrogens with one attached hydrogen (secondary N) is 2. The van der Waals surface area contributed by atoms with Gasteiger partial charge in [0.1, 0.15) is 23.4 Å². The van der Waals surface area contributed by atoms with Crippen molar-refractivity contribution in [2.24, 2.45) is 0 Å². The first-order chi connectivity index (χ1) is 18.9. The SMILES string of the molecule is CCCCCCCCN(C(=O)C(C)NC(=O)OC(C)(C)C)C(C(=O)Nc1c(C)cccc1C)c1ccccc1O. The van der Waals surface area contributed by atoms with Crippen LogP contribution in [-0.4, -0.2) is 46.1 Å². The lowest BCUT2D eigenvalue weighted by molar-refractivity contribution is -0.140. The van der Waals surface area contributed by atoms with Gasteiger partial charge >= 0.3 is 6.09 Å². The number of alkyl carbamates (subject to hydrolysis) is 1. The van der Waals surface area contributed by atoms with E-state index >= 15 is 0 Å². The van der Waals surface area contributed by atoms with E-state index in [9.17, 15) is 19.5 Å². The van der Waals surface area contributed by atoms with Crippen LogP contribution in [0.1, 0.15) is 95.9 Å². The Morgan fingerprint density at radius 1 is 0.925 bits per heavy atom. The van der Waals surface area contributed by atoms with E-state index in [1.807, 2.05) is 32.0 Å². The summed E-state index contributed by atoms with van der Waals surface area (Å²) in [6, 6.07) is 10.2. The van der Waals surface area contributed by atoms with Crippen LogP contribution in [0.2, 0.25) is 0 Å². The van der Waals surface area contributed by atoms with Gasteiger partial charge < -0.3 is 25.4 Å². The Morgan fingerprint density at radius 3 is 2.12 bits per heavy atom. The minimum absolute atomic E-state index is 0.0855. The van der Waals surface area contributed by atoms with Gasteiger partial charge in [-0.25, -0.2) is 4.79 Å². The first-order valence-corrected chi connectivity index (χ1v) is 14.3. The van der Waals surface area contributed by atoms with Crippen molar-refractivity contribution in [3.8, 4) is 5.75 Å². The molecule has 2 unspecified atom stereocenters. The smallest absolute Gasteiger partial charge is 0.408 e. The number of carbonyl (C=O) groups is 3. The second-order valence-corrected chi connectivity index (χ2v) is 11.4. The predicted octanol–water partition coefficient (Wildman–Crippen LogP) is 6.79. The summed E-state index contributed by atoms with van der Waals surface area (Å²) in [5.74, 6) is -0.968. The summed E-state index contributed by atoms with van der Waals surface area (Å²) in [6.07, 6.45) is 5.27. The van der Waals surface area contributed by atoms with Crippen molar-refractivity contribution in [3.63, 3.8) is 0 Å². The fraction of sp³-hybridized carbons (Fsp3) is 0.531. The van der Waals surface area contributed by atoms with Crippen LogP contribution in [0.15, 0.2) is 42.5 Å². The number of aryl methyl sites for hydroxylation is 2. The van der Waals surface area contributed by atoms with Gasteiger partial charge in [0.25, 0.3) is 5.91 Å². The molecule has 2 aromatic rings. The normalized spacial score (nSPS) is 12.8. The van der Waals surface area contributed by atoms with E-state index in [4.69, 9.17) is 4.74 Å². The zero-order valence-corrected chi connectivity index (χ0v) is 25.2. The van der Waals surface area contributed by atoms with Crippen molar-refractivity contribution in [3.05, 3.63) is 59.2 Å². The number of rotatable bonds is 13. The van der Waals surface area contributed by atoms with Crippen LogP contribution in [0.25, 0.3) is 0 Å². The van der Waals surface area contributed by atoms with Gasteiger partial charge in [-0.3, -0.25) is 9.59 Å². The molecule has 0 fully saturated rings. The fourth-order valence-electron chi connectivity index (χ4n) is 4.60. The number of unbranched alkanes of at least 4 members (excludes halogenated alkanes) is 5. The van der Waals surface area contributed by atoms with E-state index in [0.29, 0.717) is 17.7 Å². The Labute approximate surface area is 239 Å². The van der Waals surface area contributed by atoms with Crippen LogP contribution < -0.4 is 10.6 Å². The van der Waals surface area contributed by atoms with Crippen LogP contribution in [0.3, 0.4) is 0 Å². The molecule has 0 aliphatic heterocycles. The Balaban J connectivity index is 2.45. The molecule has 0 bridgehead atoms. The second-order valence-electron chi connectivity index (χ2n) is 11.4. The van der Waals surface area contributed by atoms with Crippen molar-refractivity contribution >= 4 is 23.6 Å². The number of amides is 3. The standard InChI is InChI=1S/C32H47N3O5/c1-8-9-10-11-12-15-21-35(30(38)24(4)33-31(39)40-32(5,6)7)28(25-19-13-14-20-26(25)36)29(37)34-27-22(2)17-16-18-23(27)3/h13-14,16-20,24,28,36H,8-12,15,21H2,1-7H3,(H,33,39)(H,34,37). The first kappa shape index (κ1) is 32.7. The van der Waals surface area contributed by atoms with Gasteiger partial charge in [0, 0.05) is 17.8 Å². The summed E-state index contributed by atoms with van der Waals surface area (Å²) in [5, 5.41) is 16.4. The van der Waals surface area contributed by atoms with Crippen LogP contribution in [-0.2, 0) is 14.3 Å². The lowest BCUT2D eigenvalue weighted by atomic mass is 10.00. The van der Waals surface area contributed by atoms with Crippen molar-refractivity contribution in [2.75, 3.05) is 11.9 Å². The lowest BCUT2D eigenvalue weighted by Gasteiger charge is -2.34. The molecule has 3 N–H and O–H groups in total. The Morgan fingerprint density at radius 2 is 1.52 bits per heavy atom. The summed E-state index contributed by atoms with van der Waals surface area (Å²) in [7, 11) is 0. The maximum absolute atomic E-state index is 14.0. The van der Waals surface area contributed by atoms with E-state index in [1.165, 1.54) is 11.0 Å². The molecule has 0 spiro atoms. The van der Waals surface area contributed by atoms with E-state index < -0.39 is 35.6 Å². The van der Waals surface area contributed by atoms with Crippen molar-refractivity contribution in [1.82, 2.24) is 10.2 Å². The molecule has 2 aromatic carbocycles. The van der Waals surface area contributed by atoms with E-state index in [0.717, 1.165) is 43.2 Å². The molecular formula is C32H47N3O5.